The molecule has 0 saturated carbocycles. The smallest absolute Gasteiger partial charge is 0.259 e. The van der Waals surface area contributed by atoms with Crippen molar-refractivity contribution in [1.82, 2.24) is 20.4 Å². The lowest BCUT2D eigenvalue weighted by Crippen LogP contribution is -2.31. The van der Waals surface area contributed by atoms with Crippen LogP contribution in [0.1, 0.15) is 10.4 Å². The third kappa shape index (κ3) is 3.90. The Morgan fingerprint density at radius 3 is 2.79 bits per heavy atom. The zero-order chi connectivity index (χ0) is 20.4. The molecule has 0 bridgehead atoms. The van der Waals surface area contributed by atoms with Gasteiger partial charge in [0.25, 0.3) is 11.6 Å². The van der Waals surface area contributed by atoms with Crippen LogP contribution in [0.15, 0.2) is 52.4 Å². The Labute approximate surface area is 171 Å². The van der Waals surface area contributed by atoms with Gasteiger partial charge in [0.05, 0.1) is 21.5 Å². The normalized spacial score (nSPS) is 11.3. The van der Waals surface area contributed by atoms with Crippen molar-refractivity contribution < 1.29 is 13.7 Å². The number of aromatic nitrogens is 2. The van der Waals surface area contributed by atoms with E-state index in [0.29, 0.717) is 29.7 Å². The fourth-order valence-electron chi connectivity index (χ4n) is 3.01. The van der Waals surface area contributed by atoms with Gasteiger partial charge in [-0.3, -0.25) is 4.79 Å². The summed E-state index contributed by atoms with van der Waals surface area (Å²) in [7, 11) is 3.87. The number of fused-ring (bicyclic) bond motifs is 1. The molecule has 0 unspecified atom stereocenters. The van der Waals surface area contributed by atoms with Crippen molar-refractivity contribution >= 4 is 28.3 Å². The summed E-state index contributed by atoms with van der Waals surface area (Å²) >= 11 is 1.51. The molecule has 4 aromatic rings. The molecule has 1 aromatic carbocycles. The van der Waals surface area contributed by atoms with Crippen molar-refractivity contribution in [3.8, 4) is 21.8 Å². The fraction of sp³-hybridized carbons (Fsp3) is 0.190. The average Bonchev–Trinajstić information content (AvgIpc) is 3.37. The molecule has 0 spiro atoms. The van der Waals surface area contributed by atoms with Crippen molar-refractivity contribution in [2.45, 2.75) is 0 Å². The first-order valence-corrected chi connectivity index (χ1v) is 9.94. The minimum atomic E-state index is -0.441. The van der Waals surface area contributed by atoms with Crippen LogP contribution in [0, 0.1) is 5.82 Å². The van der Waals surface area contributed by atoms with Crippen molar-refractivity contribution in [2.24, 2.45) is 0 Å². The van der Waals surface area contributed by atoms with E-state index in [1.165, 1.54) is 17.4 Å². The molecule has 1 amide bonds. The molecular formula is C21H19FN4O2S. The van der Waals surface area contributed by atoms with Gasteiger partial charge in [0.2, 0.25) is 0 Å². The minimum absolute atomic E-state index is 0.201. The quantitative estimate of drug-likeness (QED) is 0.519. The Hall–Kier alpha value is -3.10. The van der Waals surface area contributed by atoms with Gasteiger partial charge in [-0.2, -0.15) is 0 Å². The Bertz CT molecular complexity index is 1150. The van der Waals surface area contributed by atoms with E-state index in [-0.39, 0.29) is 22.9 Å². The van der Waals surface area contributed by atoms with Crippen molar-refractivity contribution in [2.75, 3.05) is 27.2 Å². The van der Waals surface area contributed by atoms with Crippen LogP contribution >= 0.6 is 11.3 Å². The van der Waals surface area contributed by atoms with Crippen LogP contribution in [0.4, 0.5) is 4.39 Å². The summed E-state index contributed by atoms with van der Waals surface area (Å²) in [6, 6.07) is 11.8. The van der Waals surface area contributed by atoms with Gasteiger partial charge in [0.1, 0.15) is 11.5 Å². The van der Waals surface area contributed by atoms with Crippen molar-refractivity contribution in [3.63, 3.8) is 0 Å². The van der Waals surface area contributed by atoms with Gasteiger partial charge in [0, 0.05) is 18.7 Å². The van der Waals surface area contributed by atoms with Gasteiger partial charge in [-0.1, -0.05) is 23.4 Å². The number of hydrogen-bond acceptors (Lipinski definition) is 6. The standard InChI is InChI=1S/C21H19FN4O2S/c1-26(2)10-9-23-20(27)14-12-16(17-8-5-11-29-17)24-21-18(14)19(25-28-21)13-6-3-4-7-15(13)22/h3-8,11-12H,9-10H2,1-2H3,(H,23,27). The molecule has 0 atom stereocenters. The molecule has 0 radical (unpaired) electrons. The average molecular weight is 410 g/mol. The predicted octanol–water partition coefficient (Wildman–Crippen LogP) is 4.05. The molecule has 148 valence electrons. The second-order valence-electron chi connectivity index (χ2n) is 6.78. The van der Waals surface area contributed by atoms with Crippen molar-refractivity contribution in [1.29, 1.82) is 0 Å². The third-order valence-electron chi connectivity index (χ3n) is 4.44. The topological polar surface area (TPSA) is 71.3 Å². The maximum atomic E-state index is 14.4. The van der Waals surface area contributed by atoms with E-state index in [2.05, 4.69) is 15.5 Å². The van der Waals surface area contributed by atoms with E-state index < -0.39 is 5.82 Å². The summed E-state index contributed by atoms with van der Waals surface area (Å²) in [6.45, 7) is 1.17. The van der Waals surface area contributed by atoms with Gasteiger partial charge >= 0.3 is 0 Å². The second-order valence-corrected chi connectivity index (χ2v) is 7.73. The molecule has 3 aromatic heterocycles. The molecule has 6 nitrogen and oxygen atoms in total. The Kier molecular flexibility index (Phi) is 5.37. The Balaban J connectivity index is 1.86. The van der Waals surface area contributed by atoms with Gasteiger partial charge in [-0.15, -0.1) is 11.3 Å². The summed E-state index contributed by atoms with van der Waals surface area (Å²) < 4.78 is 19.8. The highest BCUT2D eigenvalue weighted by Crippen LogP contribution is 2.34. The highest BCUT2D eigenvalue weighted by atomic mass is 32.1. The molecule has 0 aliphatic heterocycles. The molecule has 0 aliphatic carbocycles. The number of pyridine rings is 1. The van der Waals surface area contributed by atoms with E-state index >= 15 is 0 Å². The van der Waals surface area contributed by atoms with E-state index in [4.69, 9.17) is 4.52 Å². The molecule has 3 heterocycles. The van der Waals surface area contributed by atoms with Crippen LogP contribution in [0.5, 0.6) is 0 Å². The van der Waals surface area contributed by atoms with Crippen molar-refractivity contribution in [3.05, 3.63) is 59.2 Å². The van der Waals surface area contributed by atoms with E-state index in [0.717, 1.165) is 4.88 Å². The van der Waals surface area contributed by atoms with Crippen LogP contribution < -0.4 is 5.32 Å². The van der Waals surface area contributed by atoms with E-state index in [9.17, 15) is 9.18 Å². The monoisotopic (exact) mass is 410 g/mol. The third-order valence-corrected chi connectivity index (χ3v) is 5.33. The van der Waals surface area contributed by atoms with Crippen LogP contribution in [0.25, 0.3) is 32.9 Å². The van der Waals surface area contributed by atoms with Crippen LogP contribution in [0.2, 0.25) is 0 Å². The van der Waals surface area contributed by atoms with E-state index in [1.807, 2.05) is 36.5 Å². The zero-order valence-corrected chi connectivity index (χ0v) is 16.8. The molecule has 0 aliphatic rings. The molecule has 8 heteroatoms. The second kappa shape index (κ2) is 8.10. The summed E-state index contributed by atoms with van der Waals surface area (Å²) in [5.41, 5.74) is 1.70. The Morgan fingerprint density at radius 2 is 2.07 bits per heavy atom. The summed E-state index contributed by atoms with van der Waals surface area (Å²) in [4.78, 5) is 20.4. The van der Waals surface area contributed by atoms with Gasteiger partial charge in [0.15, 0.2) is 0 Å². The number of amides is 1. The number of carbonyl (C=O) groups is 1. The first-order chi connectivity index (χ1) is 14.0. The number of nitrogens with one attached hydrogen (secondary N) is 1. The maximum absolute atomic E-state index is 14.4. The molecule has 4 rings (SSSR count). The molecule has 0 fully saturated rings. The number of benzene rings is 1. The molecular weight excluding hydrogens is 391 g/mol. The highest BCUT2D eigenvalue weighted by molar-refractivity contribution is 7.13. The van der Waals surface area contributed by atoms with Crippen LogP contribution in [0.3, 0.4) is 0 Å². The van der Waals surface area contributed by atoms with Gasteiger partial charge in [-0.25, -0.2) is 9.37 Å². The molecule has 1 N–H and O–H groups in total. The van der Waals surface area contributed by atoms with Crippen LogP contribution in [-0.4, -0.2) is 48.1 Å². The van der Waals surface area contributed by atoms with Gasteiger partial charge in [-0.05, 0) is 43.7 Å². The molecule has 0 saturated heterocycles. The molecule has 29 heavy (non-hydrogen) atoms. The lowest BCUT2D eigenvalue weighted by Gasteiger charge is -2.11. The SMILES string of the molecule is CN(C)CCNC(=O)c1cc(-c2cccs2)nc2onc(-c3ccccc3F)c12. The number of likely N-dealkylation sites (N-methyl/N-ethyl adjacent to an activating group) is 1. The number of halogens is 1. The highest BCUT2D eigenvalue weighted by Gasteiger charge is 2.23. The summed E-state index contributed by atoms with van der Waals surface area (Å²) in [5.74, 6) is -0.721. The predicted molar refractivity (Wildman–Crippen MR) is 111 cm³/mol. The summed E-state index contributed by atoms with van der Waals surface area (Å²) in [6.07, 6.45) is 0. The number of rotatable bonds is 6. The van der Waals surface area contributed by atoms with Crippen LogP contribution in [-0.2, 0) is 0 Å². The number of nitrogens with zero attached hydrogens (tertiary/aromatic N) is 3. The first kappa shape index (κ1) is 19.2. The largest absolute Gasteiger partial charge is 0.351 e. The minimum Gasteiger partial charge on any atom is -0.351 e. The van der Waals surface area contributed by atoms with E-state index in [1.54, 1.807) is 24.3 Å². The Morgan fingerprint density at radius 1 is 1.24 bits per heavy atom. The zero-order valence-electron chi connectivity index (χ0n) is 16.0. The lowest BCUT2D eigenvalue weighted by atomic mass is 10.0. The number of hydrogen-bond donors (Lipinski definition) is 1. The number of carbonyl (C=O) groups excluding carboxylic acids is 1. The number of thiophene rings is 1. The fourth-order valence-corrected chi connectivity index (χ4v) is 3.69. The first-order valence-electron chi connectivity index (χ1n) is 9.06. The maximum Gasteiger partial charge on any atom is 0.259 e. The lowest BCUT2D eigenvalue weighted by molar-refractivity contribution is 0.0952. The summed E-state index contributed by atoms with van der Waals surface area (Å²) in [5, 5.41) is 9.28. The van der Waals surface area contributed by atoms with Gasteiger partial charge < -0.3 is 14.7 Å².